The predicted molar refractivity (Wildman–Crippen MR) is 78.1 cm³/mol. The van der Waals surface area contributed by atoms with Gasteiger partial charge in [-0.05, 0) is 51.6 Å². The van der Waals surface area contributed by atoms with E-state index in [0.29, 0.717) is 18.9 Å². The fourth-order valence-corrected chi connectivity index (χ4v) is 3.20. The molecule has 0 amide bonds. The molecular formula is C15H30N2O2. The van der Waals surface area contributed by atoms with Gasteiger partial charge in [-0.25, -0.2) is 0 Å². The van der Waals surface area contributed by atoms with Crippen molar-refractivity contribution in [2.75, 3.05) is 13.6 Å². The van der Waals surface area contributed by atoms with Gasteiger partial charge in [0.25, 0.3) is 0 Å². The van der Waals surface area contributed by atoms with Crippen LogP contribution in [0.3, 0.4) is 0 Å². The molecule has 0 aromatic carbocycles. The van der Waals surface area contributed by atoms with E-state index < -0.39 is 11.5 Å². The van der Waals surface area contributed by atoms with E-state index in [1.54, 1.807) is 0 Å². The summed E-state index contributed by atoms with van der Waals surface area (Å²) in [6.45, 7) is 5.12. The van der Waals surface area contributed by atoms with Gasteiger partial charge >= 0.3 is 5.97 Å². The van der Waals surface area contributed by atoms with Crippen LogP contribution in [0.5, 0.6) is 0 Å². The van der Waals surface area contributed by atoms with Crippen molar-refractivity contribution in [1.29, 1.82) is 0 Å². The summed E-state index contributed by atoms with van der Waals surface area (Å²) in [5.41, 5.74) is 4.87. The predicted octanol–water partition coefficient (Wildman–Crippen LogP) is 2.47. The third-order valence-electron chi connectivity index (χ3n) is 4.82. The van der Waals surface area contributed by atoms with Gasteiger partial charge in [0.2, 0.25) is 0 Å². The number of carbonyl (C=O) groups is 1. The van der Waals surface area contributed by atoms with Crippen LogP contribution >= 0.6 is 0 Å². The van der Waals surface area contributed by atoms with Gasteiger partial charge in [0.05, 0.1) is 0 Å². The van der Waals surface area contributed by atoms with Crippen LogP contribution in [-0.2, 0) is 4.79 Å². The van der Waals surface area contributed by atoms with Gasteiger partial charge in [0.1, 0.15) is 5.54 Å². The summed E-state index contributed by atoms with van der Waals surface area (Å²) in [7, 11) is 2.16. The molecule has 4 nitrogen and oxygen atoms in total. The van der Waals surface area contributed by atoms with Gasteiger partial charge in [-0.2, -0.15) is 0 Å². The second kappa shape index (κ2) is 7.25. The third kappa shape index (κ3) is 4.46. The fourth-order valence-electron chi connectivity index (χ4n) is 3.20. The summed E-state index contributed by atoms with van der Waals surface area (Å²) in [5.74, 6) is -0.115. The normalized spacial score (nSPS) is 27.2. The van der Waals surface area contributed by atoms with E-state index in [2.05, 4.69) is 18.9 Å². The van der Waals surface area contributed by atoms with Gasteiger partial charge in [-0.3, -0.25) is 4.79 Å². The van der Waals surface area contributed by atoms with E-state index in [9.17, 15) is 4.79 Å². The number of rotatable bonds is 7. The second-order valence-corrected chi connectivity index (χ2v) is 6.23. The highest BCUT2D eigenvalue weighted by molar-refractivity contribution is 5.78. The van der Waals surface area contributed by atoms with Crippen molar-refractivity contribution >= 4 is 5.97 Å². The monoisotopic (exact) mass is 270 g/mol. The minimum atomic E-state index is -1.04. The number of aliphatic carboxylic acids is 1. The molecule has 3 atom stereocenters. The molecule has 0 radical (unpaired) electrons. The van der Waals surface area contributed by atoms with Gasteiger partial charge in [0.15, 0.2) is 0 Å². The minimum absolute atomic E-state index is 0.492. The zero-order valence-corrected chi connectivity index (χ0v) is 12.7. The molecule has 1 aliphatic rings. The molecule has 112 valence electrons. The molecule has 0 bridgehead atoms. The van der Waals surface area contributed by atoms with Crippen molar-refractivity contribution in [3.8, 4) is 0 Å². The Bertz CT molecular complexity index is 296. The molecule has 3 N–H and O–H groups in total. The van der Waals surface area contributed by atoms with Gasteiger partial charge in [-0.1, -0.05) is 26.7 Å². The Kier molecular flexibility index (Phi) is 6.27. The van der Waals surface area contributed by atoms with Gasteiger partial charge < -0.3 is 15.7 Å². The second-order valence-electron chi connectivity index (χ2n) is 6.23. The summed E-state index contributed by atoms with van der Waals surface area (Å²) in [6.07, 6.45) is 7.18. The molecule has 0 heterocycles. The molecule has 0 aromatic rings. The summed E-state index contributed by atoms with van der Waals surface area (Å²) in [6, 6.07) is 0.660. The summed E-state index contributed by atoms with van der Waals surface area (Å²) < 4.78 is 0. The van der Waals surface area contributed by atoms with E-state index in [-0.39, 0.29) is 0 Å². The first-order valence-corrected chi connectivity index (χ1v) is 7.63. The van der Waals surface area contributed by atoms with Crippen molar-refractivity contribution in [2.45, 2.75) is 70.4 Å². The van der Waals surface area contributed by atoms with E-state index in [0.717, 1.165) is 18.9 Å². The Hall–Kier alpha value is -0.610. The highest BCUT2D eigenvalue weighted by Crippen LogP contribution is 2.27. The van der Waals surface area contributed by atoms with Gasteiger partial charge in [0, 0.05) is 6.04 Å². The lowest BCUT2D eigenvalue weighted by atomic mass is 9.85. The Morgan fingerprint density at radius 1 is 1.42 bits per heavy atom. The maximum Gasteiger partial charge on any atom is 0.323 e. The molecule has 1 saturated carbocycles. The van der Waals surface area contributed by atoms with Crippen molar-refractivity contribution in [1.82, 2.24) is 4.90 Å². The lowest BCUT2D eigenvalue weighted by molar-refractivity contribution is -0.143. The van der Waals surface area contributed by atoms with Crippen molar-refractivity contribution in [2.24, 2.45) is 11.7 Å². The Balaban J connectivity index is 2.37. The van der Waals surface area contributed by atoms with Crippen LogP contribution in [-0.4, -0.2) is 41.1 Å². The lowest BCUT2D eigenvalue weighted by Crippen LogP contribution is -2.48. The lowest BCUT2D eigenvalue weighted by Gasteiger charge is -2.36. The molecule has 4 heteroatoms. The first kappa shape index (κ1) is 16.4. The van der Waals surface area contributed by atoms with Crippen LogP contribution in [0.25, 0.3) is 0 Å². The van der Waals surface area contributed by atoms with Crippen molar-refractivity contribution in [3.05, 3.63) is 0 Å². The van der Waals surface area contributed by atoms with Crippen LogP contribution in [0.2, 0.25) is 0 Å². The quantitative estimate of drug-likeness (QED) is 0.746. The number of carboxylic acid groups (broad SMARTS) is 1. The largest absolute Gasteiger partial charge is 0.480 e. The molecule has 1 aliphatic carbocycles. The minimum Gasteiger partial charge on any atom is -0.480 e. The number of nitrogens with zero attached hydrogens (tertiary/aromatic N) is 1. The number of hydrogen-bond acceptors (Lipinski definition) is 3. The highest BCUT2D eigenvalue weighted by Gasteiger charge is 2.31. The van der Waals surface area contributed by atoms with Crippen LogP contribution in [0, 0.1) is 5.92 Å². The maximum absolute atomic E-state index is 11.1. The Morgan fingerprint density at radius 3 is 2.58 bits per heavy atom. The maximum atomic E-state index is 11.1. The molecular weight excluding hydrogens is 240 g/mol. The molecule has 3 unspecified atom stereocenters. The molecule has 0 aromatic heterocycles. The molecule has 1 rings (SSSR count). The first-order valence-electron chi connectivity index (χ1n) is 7.63. The fraction of sp³-hybridized carbons (Fsp3) is 0.933. The van der Waals surface area contributed by atoms with Crippen molar-refractivity contribution in [3.63, 3.8) is 0 Å². The van der Waals surface area contributed by atoms with E-state index in [1.165, 1.54) is 25.7 Å². The number of hydrogen-bond donors (Lipinski definition) is 2. The Labute approximate surface area is 117 Å². The summed E-state index contributed by atoms with van der Waals surface area (Å²) >= 11 is 0. The SMILES string of the molecule is CCC(N)(CCCN(C)C1CCCCC1C)C(=O)O. The third-order valence-corrected chi connectivity index (χ3v) is 4.82. The van der Waals surface area contributed by atoms with Crippen LogP contribution in [0.4, 0.5) is 0 Å². The molecule has 1 fully saturated rings. The van der Waals surface area contributed by atoms with E-state index >= 15 is 0 Å². The summed E-state index contributed by atoms with van der Waals surface area (Å²) in [4.78, 5) is 13.5. The van der Waals surface area contributed by atoms with Crippen LogP contribution in [0.1, 0.15) is 58.8 Å². The number of nitrogens with two attached hydrogens (primary N) is 1. The summed E-state index contributed by atoms with van der Waals surface area (Å²) in [5, 5.41) is 9.15. The smallest absolute Gasteiger partial charge is 0.323 e. The standard InChI is InChI=1S/C15H30N2O2/c1-4-15(16,14(18)19)10-7-11-17(3)13-9-6-5-8-12(13)2/h12-13H,4-11,16H2,1-3H3,(H,18,19). The zero-order valence-electron chi connectivity index (χ0n) is 12.7. The van der Waals surface area contributed by atoms with Crippen molar-refractivity contribution < 1.29 is 9.90 Å². The first-order chi connectivity index (χ1) is 8.90. The van der Waals surface area contributed by atoms with E-state index in [1.807, 2.05) is 6.92 Å². The highest BCUT2D eigenvalue weighted by atomic mass is 16.4. The van der Waals surface area contributed by atoms with Gasteiger partial charge in [-0.15, -0.1) is 0 Å². The molecule has 19 heavy (non-hydrogen) atoms. The number of carboxylic acids is 1. The zero-order chi connectivity index (χ0) is 14.5. The van der Waals surface area contributed by atoms with Crippen LogP contribution < -0.4 is 5.73 Å². The van der Waals surface area contributed by atoms with E-state index in [4.69, 9.17) is 10.8 Å². The molecule has 0 aliphatic heterocycles. The molecule has 0 spiro atoms. The molecule has 0 saturated heterocycles. The average molecular weight is 270 g/mol. The average Bonchev–Trinajstić information content (AvgIpc) is 2.38. The Morgan fingerprint density at radius 2 is 2.05 bits per heavy atom. The topological polar surface area (TPSA) is 66.6 Å². The van der Waals surface area contributed by atoms with Crippen LogP contribution in [0.15, 0.2) is 0 Å².